The largest absolute Gasteiger partial charge is 0.350 e. The normalized spacial score (nSPS) is 18.5. The van der Waals surface area contributed by atoms with Crippen LogP contribution in [0.25, 0.3) is 47.6 Å². The third-order valence-electron chi connectivity index (χ3n) is 8.90. The lowest BCUT2D eigenvalue weighted by Gasteiger charge is -2.33. The lowest BCUT2D eigenvalue weighted by atomic mass is 9.97. The third-order valence-corrected chi connectivity index (χ3v) is 10.0. The highest BCUT2D eigenvalue weighted by molar-refractivity contribution is 7.25. The summed E-state index contributed by atoms with van der Waals surface area (Å²) in [5, 5.41) is 12.7. The van der Waals surface area contributed by atoms with Crippen molar-refractivity contribution in [3.8, 4) is 0 Å². The van der Waals surface area contributed by atoms with E-state index in [0.717, 1.165) is 24.2 Å². The van der Waals surface area contributed by atoms with E-state index < -0.39 is 0 Å². The zero-order valence-electron chi connectivity index (χ0n) is 24.1. The second-order valence-corrected chi connectivity index (χ2v) is 12.7. The van der Waals surface area contributed by atoms with Gasteiger partial charge >= 0.3 is 0 Å². The van der Waals surface area contributed by atoms with Crippen LogP contribution in [0.15, 0.2) is 138 Å². The van der Waals surface area contributed by atoms with Gasteiger partial charge in [0.2, 0.25) is 0 Å². The molecule has 2 N–H and O–H groups in total. The van der Waals surface area contributed by atoms with Gasteiger partial charge in [0.1, 0.15) is 12.0 Å². The number of benzene rings is 5. The van der Waals surface area contributed by atoms with Crippen LogP contribution >= 0.6 is 11.3 Å². The number of hydrogen-bond donors (Lipinski definition) is 2. The van der Waals surface area contributed by atoms with Crippen LogP contribution in [0.5, 0.6) is 0 Å². The standard InChI is InChI=1S/C39H30N4S/c1-3-12-25(13-4-1)27-16-11-17-28(22-27)38-40-37(26-14-5-2-6-15-26)41-39(42-38)43-33-20-9-7-18-29(33)31-24-36-32(23-34(31)43)30-19-8-10-21-35(30)44-36/h2-3,5-24,38-39,42H,1,4H2,(H,40,41). The second kappa shape index (κ2) is 10.3. The Bertz CT molecular complexity index is 2300. The molecule has 0 spiro atoms. The number of allylic oxidation sites excluding steroid dienone is 4. The number of aromatic nitrogens is 1. The van der Waals surface area contributed by atoms with Gasteiger partial charge in [-0.15, -0.1) is 11.3 Å². The molecule has 212 valence electrons. The lowest BCUT2D eigenvalue weighted by molar-refractivity contribution is 0.341. The smallest absolute Gasteiger partial charge is 0.184 e. The quantitative estimate of drug-likeness (QED) is 0.216. The van der Waals surface area contributed by atoms with Crippen LogP contribution < -0.4 is 10.6 Å². The predicted molar refractivity (Wildman–Crippen MR) is 186 cm³/mol. The van der Waals surface area contributed by atoms with E-state index in [-0.39, 0.29) is 12.5 Å². The minimum Gasteiger partial charge on any atom is -0.350 e. The van der Waals surface area contributed by atoms with Gasteiger partial charge in [-0.3, -0.25) is 5.32 Å². The van der Waals surface area contributed by atoms with Crippen LogP contribution in [0.2, 0.25) is 0 Å². The van der Waals surface area contributed by atoms with E-state index in [4.69, 9.17) is 4.99 Å². The molecule has 0 amide bonds. The van der Waals surface area contributed by atoms with Crippen molar-refractivity contribution in [1.29, 1.82) is 0 Å². The molecular formula is C39H30N4S. The van der Waals surface area contributed by atoms with E-state index in [1.54, 1.807) is 0 Å². The number of nitrogens with zero attached hydrogens (tertiary/aromatic N) is 2. The topological polar surface area (TPSA) is 41.4 Å². The number of aliphatic imine (C=N–C) groups is 1. The van der Waals surface area contributed by atoms with Crippen LogP contribution in [-0.4, -0.2) is 10.4 Å². The first kappa shape index (κ1) is 25.5. The van der Waals surface area contributed by atoms with Crippen molar-refractivity contribution in [3.05, 3.63) is 150 Å². The monoisotopic (exact) mass is 586 g/mol. The Balaban J connectivity index is 1.24. The summed E-state index contributed by atoms with van der Waals surface area (Å²) in [6.45, 7) is 0. The van der Waals surface area contributed by atoms with Crippen LogP contribution in [-0.2, 0) is 0 Å². The van der Waals surface area contributed by atoms with E-state index in [1.807, 2.05) is 11.3 Å². The van der Waals surface area contributed by atoms with Crippen LogP contribution in [0, 0.1) is 0 Å². The third kappa shape index (κ3) is 4.20. The van der Waals surface area contributed by atoms with Crippen LogP contribution in [0.1, 0.15) is 42.0 Å². The number of fused-ring (bicyclic) bond motifs is 6. The summed E-state index contributed by atoms with van der Waals surface area (Å²) in [5.74, 6) is 0.884. The predicted octanol–water partition coefficient (Wildman–Crippen LogP) is 9.69. The Kier molecular flexibility index (Phi) is 6.00. The van der Waals surface area contributed by atoms with Gasteiger partial charge in [-0.05, 0) is 59.9 Å². The van der Waals surface area contributed by atoms with Gasteiger partial charge in [0.25, 0.3) is 0 Å². The number of thiophene rings is 1. The maximum atomic E-state index is 5.35. The molecule has 5 heteroatoms. The molecule has 1 aliphatic carbocycles. The van der Waals surface area contributed by atoms with E-state index in [0.29, 0.717) is 0 Å². The van der Waals surface area contributed by atoms with Crippen molar-refractivity contribution in [3.63, 3.8) is 0 Å². The molecule has 2 aromatic heterocycles. The highest BCUT2D eigenvalue weighted by atomic mass is 32.1. The summed E-state index contributed by atoms with van der Waals surface area (Å²) < 4.78 is 5.02. The number of hydrogen-bond acceptors (Lipinski definition) is 4. The molecule has 7 aromatic rings. The maximum absolute atomic E-state index is 5.35. The molecule has 0 fully saturated rings. The Morgan fingerprint density at radius 2 is 1.48 bits per heavy atom. The average Bonchev–Trinajstić information content (AvgIpc) is 3.63. The van der Waals surface area contributed by atoms with Gasteiger partial charge in [0.05, 0.1) is 11.0 Å². The molecule has 5 aromatic carbocycles. The van der Waals surface area contributed by atoms with E-state index >= 15 is 0 Å². The highest BCUT2D eigenvalue weighted by Crippen LogP contribution is 2.41. The van der Waals surface area contributed by atoms with E-state index in [1.165, 1.54) is 58.7 Å². The summed E-state index contributed by atoms with van der Waals surface area (Å²) in [4.78, 5) is 5.35. The van der Waals surface area contributed by atoms with Crippen LogP contribution in [0.3, 0.4) is 0 Å². The molecular weight excluding hydrogens is 557 g/mol. The SMILES string of the molecule is C1=CC(c2cccc(C3NC(c4ccccc4)=NC(n4c5ccccc5c5cc6sc7ccccc7c6cc54)N3)c2)=CCC1. The molecule has 0 bridgehead atoms. The molecule has 1 aliphatic heterocycles. The van der Waals surface area contributed by atoms with Gasteiger partial charge < -0.3 is 9.88 Å². The van der Waals surface area contributed by atoms with Gasteiger partial charge in [0, 0.05) is 36.5 Å². The maximum Gasteiger partial charge on any atom is 0.184 e. The Hall–Kier alpha value is -4.97. The highest BCUT2D eigenvalue weighted by Gasteiger charge is 2.28. The van der Waals surface area contributed by atoms with E-state index in [2.05, 4.69) is 149 Å². The van der Waals surface area contributed by atoms with Crippen molar-refractivity contribution in [2.45, 2.75) is 25.3 Å². The molecule has 0 saturated carbocycles. The Morgan fingerprint density at radius 3 is 2.36 bits per heavy atom. The Morgan fingerprint density at radius 1 is 0.659 bits per heavy atom. The molecule has 0 saturated heterocycles. The minimum atomic E-state index is -0.321. The van der Waals surface area contributed by atoms with Gasteiger partial charge in [-0.2, -0.15) is 0 Å². The summed E-state index contributed by atoms with van der Waals surface area (Å²) >= 11 is 1.87. The summed E-state index contributed by atoms with van der Waals surface area (Å²) in [7, 11) is 0. The first-order chi connectivity index (χ1) is 21.8. The summed E-state index contributed by atoms with van der Waals surface area (Å²) in [6.07, 6.45) is 8.60. The van der Waals surface area contributed by atoms with Crippen LogP contribution in [0.4, 0.5) is 0 Å². The number of nitrogens with one attached hydrogen (secondary N) is 2. The molecule has 2 atom stereocenters. The minimum absolute atomic E-state index is 0.136. The summed E-state index contributed by atoms with van der Waals surface area (Å²) in [5.41, 5.74) is 7.14. The van der Waals surface area contributed by atoms with Crippen molar-refractivity contribution in [1.82, 2.24) is 15.2 Å². The fraction of sp³-hybridized carbons (Fsp3) is 0.103. The average molecular weight is 587 g/mol. The molecule has 4 nitrogen and oxygen atoms in total. The van der Waals surface area contributed by atoms with Gasteiger partial charge in [-0.25, -0.2) is 4.99 Å². The van der Waals surface area contributed by atoms with Crippen molar-refractivity contribution in [2.24, 2.45) is 4.99 Å². The summed E-state index contributed by atoms with van der Waals surface area (Å²) in [6, 6.07) is 41.6. The number of rotatable bonds is 4. The second-order valence-electron chi connectivity index (χ2n) is 11.6. The van der Waals surface area contributed by atoms with Crippen molar-refractivity contribution < 1.29 is 0 Å². The van der Waals surface area contributed by atoms with E-state index in [9.17, 15) is 0 Å². The molecule has 0 radical (unpaired) electrons. The first-order valence-corrected chi connectivity index (χ1v) is 16.1. The van der Waals surface area contributed by atoms with Gasteiger partial charge in [-0.1, -0.05) is 103 Å². The zero-order chi connectivity index (χ0) is 29.0. The lowest BCUT2D eigenvalue weighted by Crippen LogP contribution is -2.46. The Labute approximate surface area is 259 Å². The van der Waals surface area contributed by atoms with Crippen molar-refractivity contribution in [2.75, 3.05) is 0 Å². The number of para-hydroxylation sites is 1. The van der Waals surface area contributed by atoms with Crippen molar-refractivity contribution >= 4 is 64.7 Å². The number of amidine groups is 1. The fourth-order valence-corrected chi connectivity index (χ4v) is 7.92. The first-order valence-electron chi connectivity index (χ1n) is 15.3. The fourth-order valence-electron chi connectivity index (χ4n) is 6.79. The molecule has 3 heterocycles. The molecule has 44 heavy (non-hydrogen) atoms. The molecule has 9 rings (SSSR count). The zero-order valence-corrected chi connectivity index (χ0v) is 24.9. The molecule has 2 aliphatic rings. The molecule has 2 unspecified atom stereocenters. The van der Waals surface area contributed by atoms with Gasteiger partial charge in [0.15, 0.2) is 6.29 Å².